The first-order valence-corrected chi connectivity index (χ1v) is 6.54. The molecule has 1 amide bonds. The Morgan fingerprint density at radius 3 is 2.71 bits per heavy atom. The minimum atomic E-state index is -0.677. The fourth-order valence-electron chi connectivity index (χ4n) is 2.20. The van der Waals surface area contributed by atoms with Crippen LogP contribution in [0, 0.1) is 5.92 Å². The first-order chi connectivity index (χ1) is 8.06. The molecule has 1 fully saturated rings. The Labute approximate surface area is 104 Å². The normalized spacial score (nSPS) is 29.0. The van der Waals surface area contributed by atoms with Gasteiger partial charge < -0.3 is 15.2 Å². The maximum absolute atomic E-state index is 11.5. The van der Waals surface area contributed by atoms with Crippen LogP contribution >= 0.6 is 0 Å². The molecule has 1 aliphatic rings. The lowest BCUT2D eigenvalue weighted by Gasteiger charge is -2.34. The molecule has 4 heteroatoms. The number of ether oxygens (including phenoxy) is 1. The minimum Gasteiger partial charge on any atom is -0.388 e. The zero-order valence-corrected chi connectivity index (χ0v) is 11.0. The fraction of sp³-hybridized carbons (Fsp3) is 0.923. The van der Waals surface area contributed by atoms with Gasteiger partial charge in [-0.3, -0.25) is 4.79 Å². The zero-order valence-electron chi connectivity index (χ0n) is 11.0. The van der Waals surface area contributed by atoms with Gasteiger partial charge in [-0.2, -0.15) is 0 Å². The molecular formula is C13H25NO3. The molecule has 17 heavy (non-hydrogen) atoms. The van der Waals surface area contributed by atoms with Gasteiger partial charge in [-0.15, -0.1) is 0 Å². The summed E-state index contributed by atoms with van der Waals surface area (Å²) >= 11 is 0. The lowest BCUT2D eigenvalue weighted by Crippen LogP contribution is -2.45. The molecule has 0 radical (unpaired) electrons. The molecule has 2 N–H and O–H groups in total. The van der Waals surface area contributed by atoms with E-state index in [2.05, 4.69) is 12.2 Å². The summed E-state index contributed by atoms with van der Waals surface area (Å²) in [6.07, 6.45) is 4.91. The van der Waals surface area contributed by atoms with E-state index in [0.717, 1.165) is 32.1 Å². The van der Waals surface area contributed by atoms with Gasteiger partial charge in [-0.25, -0.2) is 0 Å². The van der Waals surface area contributed by atoms with Crippen molar-refractivity contribution >= 4 is 5.91 Å². The quantitative estimate of drug-likeness (QED) is 0.695. The number of hydrogen-bond acceptors (Lipinski definition) is 3. The Morgan fingerprint density at radius 1 is 1.47 bits per heavy atom. The molecule has 1 saturated carbocycles. The van der Waals surface area contributed by atoms with E-state index >= 15 is 0 Å². The van der Waals surface area contributed by atoms with E-state index in [1.165, 1.54) is 0 Å². The first kappa shape index (κ1) is 14.5. The predicted octanol–water partition coefficient (Wildman–Crippen LogP) is 1.47. The van der Waals surface area contributed by atoms with Crippen LogP contribution in [-0.4, -0.2) is 36.9 Å². The van der Waals surface area contributed by atoms with Crippen LogP contribution in [-0.2, 0) is 9.53 Å². The third-order valence-electron chi connectivity index (χ3n) is 3.57. The number of amides is 1. The highest BCUT2D eigenvalue weighted by Crippen LogP contribution is 2.31. The molecule has 0 saturated heterocycles. The maximum atomic E-state index is 11.5. The molecule has 0 aromatic carbocycles. The Morgan fingerprint density at radius 2 is 2.12 bits per heavy atom. The number of carbonyl (C=O) groups is 1. The van der Waals surface area contributed by atoms with Gasteiger partial charge in [0.15, 0.2) is 0 Å². The Hall–Kier alpha value is -0.610. The summed E-state index contributed by atoms with van der Waals surface area (Å²) in [5, 5.41) is 13.1. The van der Waals surface area contributed by atoms with Gasteiger partial charge in [0.25, 0.3) is 0 Å². The Kier molecular flexibility index (Phi) is 5.92. The van der Waals surface area contributed by atoms with Crippen molar-refractivity contribution in [2.45, 2.75) is 51.0 Å². The average Bonchev–Trinajstić information content (AvgIpc) is 2.32. The highest BCUT2D eigenvalue weighted by atomic mass is 16.5. The molecule has 0 aromatic heterocycles. The van der Waals surface area contributed by atoms with Crippen molar-refractivity contribution in [1.29, 1.82) is 0 Å². The lowest BCUT2D eigenvalue weighted by atomic mass is 9.79. The van der Waals surface area contributed by atoms with E-state index in [-0.39, 0.29) is 5.91 Å². The lowest BCUT2D eigenvalue weighted by molar-refractivity contribution is -0.123. The van der Waals surface area contributed by atoms with Crippen LogP contribution in [0.2, 0.25) is 0 Å². The topological polar surface area (TPSA) is 58.6 Å². The van der Waals surface area contributed by atoms with Crippen molar-refractivity contribution in [2.24, 2.45) is 5.92 Å². The summed E-state index contributed by atoms with van der Waals surface area (Å²) < 4.78 is 4.89. The molecule has 1 rings (SSSR count). The van der Waals surface area contributed by atoms with Crippen molar-refractivity contribution in [3.63, 3.8) is 0 Å². The summed E-state index contributed by atoms with van der Waals surface area (Å²) in [6, 6.07) is 0. The fourth-order valence-corrected chi connectivity index (χ4v) is 2.20. The molecule has 0 bridgehead atoms. The van der Waals surface area contributed by atoms with Crippen molar-refractivity contribution in [1.82, 2.24) is 5.32 Å². The van der Waals surface area contributed by atoms with Gasteiger partial charge in [0.1, 0.15) is 0 Å². The standard InChI is InChI=1S/C13H25NO3/c1-11-5-7-13(16,8-6-11)10-14-12(15)4-3-9-17-2/h11,16H,3-10H2,1-2H3,(H,14,15). The van der Waals surface area contributed by atoms with Crippen molar-refractivity contribution in [3.8, 4) is 0 Å². The average molecular weight is 243 g/mol. The Balaban J connectivity index is 2.18. The second-order valence-corrected chi connectivity index (χ2v) is 5.28. The third kappa shape index (κ3) is 5.50. The molecule has 1 aliphatic carbocycles. The van der Waals surface area contributed by atoms with Gasteiger partial charge in [-0.05, 0) is 38.0 Å². The van der Waals surface area contributed by atoms with Gasteiger partial charge in [0.2, 0.25) is 5.91 Å². The molecule has 0 spiro atoms. The third-order valence-corrected chi connectivity index (χ3v) is 3.57. The SMILES string of the molecule is COCCCC(=O)NCC1(O)CCC(C)CC1. The maximum Gasteiger partial charge on any atom is 0.220 e. The van der Waals surface area contributed by atoms with Gasteiger partial charge in [0.05, 0.1) is 5.60 Å². The molecule has 4 nitrogen and oxygen atoms in total. The van der Waals surface area contributed by atoms with E-state index < -0.39 is 5.60 Å². The number of nitrogens with one attached hydrogen (secondary N) is 1. The van der Waals surface area contributed by atoms with Crippen LogP contribution in [0.5, 0.6) is 0 Å². The number of hydrogen-bond donors (Lipinski definition) is 2. The van der Waals surface area contributed by atoms with E-state index in [9.17, 15) is 9.90 Å². The van der Waals surface area contributed by atoms with Crippen LogP contribution in [0.1, 0.15) is 45.4 Å². The largest absolute Gasteiger partial charge is 0.388 e. The molecule has 0 aromatic rings. The number of methoxy groups -OCH3 is 1. The van der Waals surface area contributed by atoms with E-state index in [4.69, 9.17) is 4.74 Å². The molecule has 0 heterocycles. The van der Waals surface area contributed by atoms with Gasteiger partial charge >= 0.3 is 0 Å². The van der Waals surface area contributed by atoms with Gasteiger partial charge in [0, 0.05) is 26.7 Å². The molecular weight excluding hydrogens is 218 g/mol. The van der Waals surface area contributed by atoms with Crippen molar-refractivity contribution < 1.29 is 14.6 Å². The van der Waals surface area contributed by atoms with Crippen LogP contribution in [0.15, 0.2) is 0 Å². The number of rotatable bonds is 6. The molecule has 0 atom stereocenters. The van der Waals surface area contributed by atoms with E-state index in [1.54, 1.807) is 7.11 Å². The van der Waals surface area contributed by atoms with Crippen LogP contribution in [0.4, 0.5) is 0 Å². The number of aliphatic hydroxyl groups is 1. The predicted molar refractivity (Wildman–Crippen MR) is 66.7 cm³/mol. The summed E-state index contributed by atoms with van der Waals surface area (Å²) in [4.78, 5) is 11.5. The van der Waals surface area contributed by atoms with Crippen molar-refractivity contribution in [3.05, 3.63) is 0 Å². The second-order valence-electron chi connectivity index (χ2n) is 5.28. The highest BCUT2D eigenvalue weighted by Gasteiger charge is 2.31. The van der Waals surface area contributed by atoms with E-state index in [0.29, 0.717) is 25.5 Å². The van der Waals surface area contributed by atoms with Crippen LogP contribution < -0.4 is 5.32 Å². The monoisotopic (exact) mass is 243 g/mol. The van der Waals surface area contributed by atoms with Gasteiger partial charge in [-0.1, -0.05) is 6.92 Å². The summed E-state index contributed by atoms with van der Waals surface area (Å²) in [5.41, 5.74) is -0.677. The summed E-state index contributed by atoms with van der Waals surface area (Å²) in [7, 11) is 1.63. The van der Waals surface area contributed by atoms with Crippen LogP contribution in [0.25, 0.3) is 0 Å². The number of carbonyl (C=O) groups excluding carboxylic acids is 1. The summed E-state index contributed by atoms with van der Waals surface area (Å²) in [6.45, 7) is 3.21. The zero-order chi connectivity index (χ0) is 12.7. The smallest absolute Gasteiger partial charge is 0.220 e. The van der Waals surface area contributed by atoms with Crippen LogP contribution in [0.3, 0.4) is 0 Å². The van der Waals surface area contributed by atoms with Crippen molar-refractivity contribution in [2.75, 3.05) is 20.3 Å². The molecule has 100 valence electrons. The summed E-state index contributed by atoms with van der Waals surface area (Å²) in [5.74, 6) is 0.710. The second kappa shape index (κ2) is 6.97. The molecule has 0 unspecified atom stereocenters. The first-order valence-electron chi connectivity index (χ1n) is 6.54. The van der Waals surface area contributed by atoms with E-state index in [1.807, 2.05) is 0 Å². The minimum absolute atomic E-state index is 0.00842. The highest BCUT2D eigenvalue weighted by molar-refractivity contribution is 5.75. The molecule has 0 aliphatic heterocycles. The Bertz CT molecular complexity index is 235.